The van der Waals surface area contributed by atoms with Gasteiger partial charge in [0.05, 0.1) is 40.3 Å². The zero-order valence-corrected chi connectivity index (χ0v) is 13.9. The van der Waals surface area contributed by atoms with Gasteiger partial charge < -0.3 is 14.0 Å². The lowest BCUT2D eigenvalue weighted by molar-refractivity contribution is 0.0667. The third-order valence-corrected chi connectivity index (χ3v) is 3.95. The molecule has 1 aromatic carbocycles. The molecule has 0 fully saturated rings. The second kappa shape index (κ2) is 7.53. The second-order valence-corrected chi connectivity index (χ2v) is 5.60. The maximum absolute atomic E-state index is 13.7. The molecule has 0 saturated heterocycles. The number of fused-ring (bicyclic) bond motifs is 1. The van der Waals surface area contributed by atoms with E-state index in [0.29, 0.717) is 29.9 Å². The first-order chi connectivity index (χ1) is 9.67. The van der Waals surface area contributed by atoms with E-state index in [0.717, 1.165) is 16.9 Å². The number of halogens is 3. The van der Waals surface area contributed by atoms with E-state index < -0.39 is 0 Å². The highest BCUT2D eigenvalue weighted by atomic mass is 127. The van der Waals surface area contributed by atoms with Crippen molar-refractivity contribution in [3.8, 4) is 0 Å². The maximum atomic E-state index is 13.7. The van der Waals surface area contributed by atoms with Crippen LogP contribution in [0.1, 0.15) is 5.82 Å². The molecule has 0 amide bonds. The van der Waals surface area contributed by atoms with Crippen LogP contribution in [0.2, 0.25) is 0 Å². The molecule has 0 aliphatic rings. The van der Waals surface area contributed by atoms with Crippen molar-refractivity contribution in [2.24, 2.45) is 0 Å². The summed E-state index contributed by atoms with van der Waals surface area (Å²) in [6.45, 7) is 2.18. The van der Waals surface area contributed by atoms with Gasteiger partial charge >= 0.3 is 0 Å². The number of alkyl halides is 1. The summed E-state index contributed by atoms with van der Waals surface area (Å²) in [5.41, 5.74) is 1.50. The number of methoxy groups -OCH3 is 1. The summed E-state index contributed by atoms with van der Waals surface area (Å²) in [5, 5.41) is 0. The monoisotopic (exact) mass is 412 g/mol. The van der Waals surface area contributed by atoms with E-state index in [-0.39, 0.29) is 11.7 Å². The van der Waals surface area contributed by atoms with E-state index >= 15 is 0 Å². The Morgan fingerprint density at radius 2 is 2.15 bits per heavy atom. The van der Waals surface area contributed by atoms with E-state index in [1.54, 1.807) is 13.2 Å². The summed E-state index contributed by atoms with van der Waals surface area (Å²) < 4.78 is 26.5. The van der Waals surface area contributed by atoms with Gasteiger partial charge in [-0.1, -0.05) is 0 Å². The van der Waals surface area contributed by atoms with Crippen LogP contribution in [-0.2, 0) is 21.9 Å². The SMILES string of the molecule is COCCOCCn1c(CCl)nc2cc(I)c(F)cc21. The van der Waals surface area contributed by atoms with E-state index in [4.69, 9.17) is 21.1 Å². The highest BCUT2D eigenvalue weighted by Gasteiger charge is 2.12. The third kappa shape index (κ3) is 3.60. The van der Waals surface area contributed by atoms with Crippen molar-refractivity contribution >= 4 is 45.2 Å². The fourth-order valence-electron chi connectivity index (χ4n) is 1.92. The van der Waals surface area contributed by atoms with Gasteiger partial charge in [0.1, 0.15) is 11.6 Å². The van der Waals surface area contributed by atoms with E-state index in [9.17, 15) is 4.39 Å². The molecule has 0 aliphatic heterocycles. The molecule has 1 heterocycles. The molecule has 0 radical (unpaired) electrons. The van der Waals surface area contributed by atoms with Crippen LogP contribution in [0, 0.1) is 9.39 Å². The van der Waals surface area contributed by atoms with Crippen LogP contribution in [0.5, 0.6) is 0 Å². The molecule has 0 spiro atoms. The Labute approximate surface area is 135 Å². The number of nitrogens with zero attached hydrogens (tertiary/aromatic N) is 2. The number of imidazole rings is 1. The number of ether oxygens (including phenoxy) is 2. The maximum Gasteiger partial charge on any atom is 0.138 e. The molecule has 0 unspecified atom stereocenters. The van der Waals surface area contributed by atoms with Crippen LogP contribution in [0.4, 0.5) is 4.39 Å². The van der Waals surface area contributed by atoms with Crippen LogP contribution in [-0.4, -0.2) is 36.5 Å². The molecule has 7 heteroatoms. The smallest absolute Gasteiger partial charge is 0.138 e. The van der Waals surface area contributed by atoms with Gasteiger partial charge in [-0.25, -0.2) is 9.37 Å². The van der Waals surface area contributed by atoms with Gasteiger partial charge in [0, 0.05) is 19.7 Å². The zero-order chi connectivity index (χ0) is 14.5. The van der Waals surface area contributed by atoms with Crippen molar-refractivity contribution in [3.63, 3.8) is 0 Å². The summed E-state index contributed by atoms with van der Waals surface area (Å²) in [7, 11) is 1.63. The second-order valence-electron chi connectivity index (χ2n) is 4.17. The van der Waals surface area contributed by atoms with Gasteiger partial charge in [0.2, 0.25) is 0 Å². The van der Waals surface area contributed by atoms with Crippen molar-refractivity contribution in [1.29, 1.82) is 0 Å². The Morgan fingerprint density at radius 1 is 1.35 bits per heavy atom. The average Bonchev–Trinajstić information content (AvgIpc) is 2.76. The van der Waals surface area contributed by atoms with Crippen LogP contribution >= 0.6 is 34.2 Å². The van der Waals surface area contributed by atoms with Crippen LogP contribution in [0.15, 0.2) is 12.1 Å². The summed E-state index contributed by atoms with van der Waals surface area (Å²) in [4.78, 5) is 4.43. The lowest BCUT2D eigenvalue weighted by Crippen LogP contribution is -2.11. The third-order valence-electron chi connectivity index (χ3n) is 2.88. The summed E-state index contributed by atoms with van der Waals surface area (Å²) in [6, 6.07) is 3.22. The normalized spacial score (nSPS) is 11.4. The van der Waals surface area contributed by atoms with Crippen LogP contribution < -0.4 is 0 Å². The van der Waals surface area contributed by atoms with Crippen molar-refractivity contribution in [1.82, 2.24) is 9.55 Å². The highest BCUT2D eigenvalue weighted by Crippen LogP contribution is 2.22. The van der Waals surface area contributed by atoms with Crippen molar-refractivity contribution < 1.29 is 13.9 Å². The van der Waals surface area contributed by atoms with Gasteiger partial charge in [-0.3, -0.25) is 0 Å². The van der Waals surface area contributed by atoms with Gasteiger partial charge in [0.15, 0.2) is 0 Å². The molecular formula is C13H15ClFIN2O2. The lowest BCUT2D eigenvalue weighted by Gasteiger charge is -2.08. The minimum Gasteiger partial charge on any atom is -0.382 e. The van der Waals surface area contributed by atoms with Crippen LogP contribution in [0.25, 0.3) is 11.0 Å². The number of aromatic nitrogens is 2. The van der Waals surface area contributed by atoms with Gasteiger partial charge in [-0.05, 0) is 28.7 Å². The first-order valence-electron chi connectivity index (χ1n) is 6.14. The molecule has 2 aromatic rings. The first-order valence-corrected chi connectivity index (χ1v) is 7.75. The molecule has 4 nitrogen and oxygen atoms in total. The average molecular weight is 413 g/mol. The predicted molar refractivity (Wildman–Crippen MR) is 84.7 cm³/mol. The minimum atomic E-state index is -0.249. The van der Waals surface area contributed by atoms with Gasteiger partial charge in [0.25, 0.3) is 0 Å². The molecule has 2 rings (SSSR count). The summed E-state index contributed by atoms with van der Waals surface area (Å²) in [6.07, 6.45) is 0. The Bertz CT molecular complexity index is 591. The Balaban J connectivity index is 2.19. The molecule has 1 aromatic heterocycles. The van der Waals surface area contributed by atoms with Crippen molar-refractivity contribution in [2.75, 3.05) is 26.9 Å². The highest BCUT2D eigenvalue weighted by molar-refractivity contribution is 14.1. The minimum absolute atomic E-state index is 0.249. The largest absolute Gasteiger partial charge is 0.382 e. The molecule has 0 aliphatic carbocycles. The first kappa shape index (κ1) is 15.9. The Morgan fingerprint density at radius 3 is 2.85 bits per heavy atom. The topological polar surface area (TPSA) is 36.3 Å². The summed E-state index contributed by atoms with van der Waals surface area (Å²) in [5.74, 6) is 0.754. The molecule has 0 saturated carbocycles. The van der Waals surface area contributed by atoms with Crippen molar-refractivity contribution in [3.05, 3.63) is 27.3 Å². The zero-order valence-electron chi connectivity index (χ0n) is 11.0. The summed E-state index contributed by atoms with van der Waals surface area (Å²) >= 11 is 7.86. The van der Waals surface area contributed by atoms with Crippen LogP contribution in [0.3, 0.4) is 0 Å². The standard InChI is InChI=1S/C13H15ClFIN2O2/c1-19-4-5-20-3-2-18-12-6-9(15)10(16)7-11(12)17-13(18)8-14/h6-7H,2-5,8H2,1H3. The fourth-order valence-corrected chi connectivity index (χ4v) is 2.58. The van der Waals surface area contributed by atoms with Gasteiger partial charge in [-0.2, -0.15) is 0 Å². The number of benzene rings is 1. The molecular weight excluding hydrogens is 398 g/mol. The number of hydrogen-bond acceptors (Lipinski definition) is 3. The van der Waals surface area contributed by atoms with E-state index in [1.807, 2.05) is 27.2 Å². The van der Waals surface area contributed by atoms with Crippen molar-refractivity contribution in [2.45, 2.75) is 12.4 Å². The van der Waals surface area contributed by atoms with Gasteiger partial charge in [-0.15, -0.1) is 11.6 Å². The quantitative estimate of drug-likeness (QED) is 0.398. The number of rotatable bonds is 7. The fraction of sp³-hybridized carbons (Fsp3) is 0.462. The number of hydrogen-bond donors (Lipinski definition) is 0. The molecule has 0 atom stereocenters. The lowest BCUT2D eigenvalue weighted by atomic mass is 10.3. The molecule has 0 bridgehead atoms. The Kier molecular flexibility index (Phi) is 6.01. The van der Waals surface area contributed by atoms with E-state index in [2.05, 4.69) is 4.98 Å². The molecule has 20 heavy (non-hydrogen) atoms. The molecule has 0 N–H and O–H groups in total. The predicted octanol–water partition coefficient (Wildman–Crippen LogP) is 3.18. The molecule has 110 valence electrons. The van der Waals surface area contributed by atoms with E-state index in [1.165, 1.54) is 6.07 Å². The Hall–Kier alpha value is -0.440.